The number of nitrogens with two attached hydrogens (primary N) is 1. The number of phenols is 1. The highest BCUT2D eigenvalue weighted by molar-refractivity contribution is 6.01. The monoisotopic (exact) mass is 481 g/mol. The summed E-state index contributed by atoms with van der Waals surface area (Å²) >= 11 is 0. The lowest BCUT2D eigenvalue weighted by molar-refractivity contribution is 0.0939. The number of fused-ring (bicyclic) bond motifs is 1. The molecule has 5 nitrogen and oxygen atoms in total. The highest BCUT2D eigenvalue weighted by Crippen LogP contribution is 2.21. The first-order valence-electron chi connectivity index (χ1n) is 13.8. The van der Waals surface area contributed by atoms with E-state index >= 15 is 0 Å². The van der Waals surface area contributed by atoms with Gasteiger partial charge in [-0.1, -0.05) is 104 Å². The molecular formula is C30H47N3O2. The van der Waals surface area contributed by atoms with E-state index in [-0.39, 0.29) is 23.6 Å². The van der Waals surface area contributed by atoms with Crippen molar-refractivity contribution in [3.05, 3.63) is 42.0 Å². The number of phenolic OH excluding ortho intramolecular Hbond substituents is 1. The molecule has 0 bridgehead atoms. The predicted octanol–water partition coefficient (Wildman–Crippen LogP) is 7.36. The third kappa shape index (κ3) is 10.7. The van der Waals surface area contributed by atoms with Crippen LogP contribution in [0.15, 0.2) is 41.4 Å². The molecule has 0 aromatic heterocycles. The van der Waals surface area contributed by atoms with Crippen LogP contribution in [0.1, 0.15) is 108 Å². The molecule has 2 aromatic carbocycles. The van der Waals surface area contributed by atoms with E-state index in [0.29, 0.717) is 17.9 Å². The van der Waals surface area contributed by atoms with Crippen molar-refractivity contribution in [1.82, 2.24) is 5.32 Å². The first kappa shape index (κ1) is 28.7. The summed E-state index contributed by atoms with van der Waals surface area (Å²) in [6.07, 6.45) is 15.8. The number of amidine groups is 1. The first-order chi connectivity index (χ1) is 16.9. The highest BCUT2D eigenvalue weighted by atomic mass is 16.3. The van der Waals surface area contributed by atoms with E-state index in [1.165, 1.54) is 70.6 Å². The summed E-state index contributed by atoms with van der Waals surface area (Å²) < 4.78 is 0. The molecule has 0 heterocycles. The molecule has 2 rings (SSSR count). The van der Waals surface area contributed by atoms with E-state index in [0.717, 1.165) is 17.2 Å². The fourth-order valence-electron chi connectivity index (χ4n) is 4.44. The minimum atomic E-state index is -0.296. The van der Waals surface area contributed by atoms with Crippen LogP contribution in [-0.4, -0.2) is 29.4 Å². The summed E-state index contributed by atoms with van der Waals surface area (Å²) in [5, 5.41) is 14.5. The highest BCUT2D eigenvalue weighted by Gasteiger charge is 2.21. The van der Waals surface area contributed by atoms with Crippen LogP contribution in [0.25, 0.3) is 10.8 Å². The van der Waals surface area contributed by atoms with Crippen LogP contribution in [0.2, 0.25) is 0 Å². The Hall–Kier alpha value is -2.56. The molecule has 194 valence electrons. The summed E-state index contributed by atoms with van der Waals surface area (Å²) in [6, 6.07) is 10.3. The normalized spacial score (nSPS) is 12.9. The number of rotatable bonds is 17. The first-order valence-corrected chi connectivity index (χ1v) is 13.8. The molecular weight excluding hydrogens is 434 g/mol. The Bertz CT molecular complexity index is 923. The molecule has 5 heteroatoms. The number of amides is 1. The lowest BCUT2D eigenvalue weighted by Gasteiger charge is -2.22. The largest absolute Gasteiger partial charge is 0.508 e. The van der Waals surface area contributed by atoms with Crippen molar-refractivity contribution in [2.75, 3.05) is 6.54 Å². The molecule has 0 saturated carbocycles. The van der Waals surface area contributed by atoms with Crippen LogP contribution >= 0.6 is 0 Å². The smallest absolute Gasteiger partial charge is 0.251 e. The van der Waals surface area contributed by atoms with Gasteiger partial charge in [0.05, 0.1) is 6.04 Å². The molecule has 35 heavy (non-hydrogen) atoms. The average molecular weight is 482 g/mol. The lowest BCUT2D eigenvalue weighted by Crippen LogP contribution is -2.48. The van der Waals surface area contributed by atoms with Crippen molar-refractivity contribution in [3.63, 3.8) is 0 Å². The molecule has 2 aromatic rings. The number of aliphatic imine (C=N–C) groups is 1. The van der Waals surface area contributed by atoms with Gasteiger partial charge in [0.25, 0.3) is 5.91 Å². The van der Waals surface area contributed by atoms with Gasteiger partial charge in [0.1, 0.15) is 11.6 Å². The molecule has 1 unspecified atom stereocenters. The number of aromatic hydroxyl groups is 1. The number of benzene rings is 2. The zero-order valence-electron chi connectivity index (χ0n) is 22.2. The third-order valence-corrected chi connectivity index (χ3v) is 6.66. The summed E-state index contributed by atoms with van der Waals surface area (Å²) in [5.41, 5.74) is 6.87. The van der Waals surface area contributed by atoms with Gasteiger partial charge in [0.15, 0.2) is 0 Å². The number of hydrogen-bond acceptors (Lipinski definition) is 3. The van der Waals surface area contributed by atoms with Crippen molar-refractivity contribution in [3.8, 4) is 5.75 Å². The van der Waals surface area contributed by atoms with Crippen LogP contribution in [0.5, 0.6) is 5.75 Å². The summed E-state index contributed by atoms with van der Waals surface area (Å²) in [5.74, 6) is 0.693. The van der Waals surface area contributed by atoms with E-state index in [2.05, 4.69) is 17.2 Å². The zero-order chi connectivity index (χ0) is 25.5. The Morgan fingerprint density at radius 3 is 2.00 bits per heavy atom. The van der Waals surface area contributed by atoms with E-state index in [1.54, 1.807) is 18.2 Å². The van der Waals surface area contributed by atoms with E-state index < -0.39 is 0 Å². The Labute approximate surface area is 212 Å². The number of hydrogen-bond donors (Lipinski definition) is 3. The second-order valence-corrected chi connectivity index (χ2v) is 10.1. The van der Waals surface area contributed by atoms with Gasteiger partial charge in [0.2, 0.25) is 0 Å². The molecule has 1 atom stereocenters. The van der Waals surface area contributed by atoms with Crippen molar-refractivity contribution in [1.29, 1.82) is 0 Å². The fourth-order valence-corrected chi connectivity index (χ4v) is 4.44. The number of unbranched alkanes of at least 4 members (excludes halogenated alkanes) is 11. The fraction of sp³-hybridized carbons (Fsp3) is 0.600. The van der Waals surface area contributed by atoms with E-state index in [9.17, 15) is 9.90 Å². The van der Waals surface area contributed by atoms with E-state index in [4.69, 9.17) is 5.73 Å². The van der Waals surface area contributed by atoms with Crippen molar-refractivity contribution in [2.24, 2.45) is 16.6 Å². The second kappa shape index (κ2) is 16.2. The van der Waals surface area contributed by atoms with Crippen LogP contribution in [0.3, 0.4) is 0 Å². The van der Waals surface area contributed by atoms with Gasteiger partial charge in [-0.2, -0.15) is 0 Å². The Morgan fingerprint density at radius 1 is 0.857 bits per heavy atom. The molecule has 0 fully saturated rings. The number of nitrogens with zero attached hydrogens (tertiary/aromatic N) is 1. The summed E-state index contributed by atoms with van der Waals surface area (Å²) in [6.45, 7) is 7.06. The minimum absolute atomic E-state index is 0.141. The van der Waals surface area contributed by atoms with Crippen LogP contribution in [0.4, 0.5) is 0 Å². The molecule has 1 amide bonds. The molecule has 0 aliphatic heterocycles. The predicted molar refractivity (Wildman–Crippen MR) is 149 cm³/mol. The maximum Gasteiger partial charge on any atom is 0.251 e. The molecule has 0 saturated heterocycles. The lowest BCUT2D eigenvalue weighted by atomic mass is 10.0. The Morgan fingerprint density at radius 2 is 1.40 bits per heavy atom. The topological polar surface area (TPSA) is 87.7 Å². The van der Waals surface area contributed by atoms with Crippen LogP contribution in [-0.2, 0) is 0 Å². The summed E-state index contributed by atoms with van der Waals surface area (Å²) in [7, 11) is 0. The summed E-state index contributed by atoms with van der Waals surface area (Å²) in [4.78, 5) is 17.5. The Kier molecular flexibility index (Phi) is 13.3. The van der Waals surface area contributed by atoms with E-state index in [1.807, 2.05) is 32.0 Å². The molecule has 0 radical (unpaired) electrons. The van der Waals surface area contributed by atoms with Gasteiger partial charge in [-0.05, 0) is 47.4 Å². The molecule has 0 spiro atoms. The maximum absolute atomic E-state index is 12.9. The average Bonchev–Trinajstić information content (AvgIpc) is 2.84. The van der Waals surface area contributed by atoms with Gasteiger partial charge in [-0.25, -0.2) is 0 Å². The molecule has 0 aliphatic carbocycles. The van der Waals surface area contributed by atoms with Crippen molar-refractivity contribution >= 4 is 22.5 Å². The third-order valence-electron chi connectivity index (χ3n) is 6.66. The van der Waals surface area contributed by atoms with Gasteiger partial charge >= 0.3 is 0 Å². The Balaban J connectivity index is 1.70. The molecule has 0 aliphatic rings. The van der Waals surface area contributed by atoms with Crippen LogP contribution in [0, 0.1) is 5.92 Å². The minimum Gasteiger partial charge on any atom is -0.508 e. The number of carbonyl (C=O) groups excluding carboxylic acids is 1. The van der Waals surface area contributed by atoms with Crippen LogP contribution < -0.4 is 11.1 Å². The van der Waals surface area contributed by atoms with Crippen molar-refractivity contribution < 1.29 is 9.90 Å². The number of nitrogens with one attached hydrogen (secondary N) is 1. The van der Waals surface area contributed by atoms with Crippen molar-refractivity contribution in [2.45, 2.75) is 104 Å². The zero-order valence-corrected chi connectivity index (χ0v) is 22.2. The quantitative estimate of drug-likeness (QED) is 0.125. The maximum atomic E-state index is 12.9. The van der Waals surface area contributed by atoms with Gasteiger partial charge in [-0.15, -0.1) is 0 Å². The second-order valence-electron chi connectivity index (χ2n) is 10.1. The van der Waals surface area contributed by atoms with Gasteiger partial charge in [-0.3, -0.25) is 9.79 Å². The van der Waals surface area contributed by atoms with Gasteiger partial charge in [0, 0.05) is 12.1 Å². The van der Waals surface area contributed by atoms with Gasteiger partial charge < -0.3 is 16.2 Å². The standard InChI is InChI=1S/C30H47N3O2/c1-4-5-6-7-8-9-10-11-12-13-14-15-20-32-29(31)28(23(2)3)33-30(35)26-17-16-25-22-27(34)19-18-24(25)21-26/h16-19,21-23,28,34H,4-15,20H2,1-3H3,(H2,31,32)(H,33,35). The SMILES string of the molecule is CCCCCCCCCCCCCCN=C(N)C(NC(=O)c1ccc2cc(O)ccc2c1)C(C)C. The number of carbonyl (C=O) groups is 1. The molecule has 4 N–H and O–H groups in total.